The highest BCUT2D eigenvalue weighted by Gasteiger charge is 2.71. The number of aliphatic carboxylic acids is 3. The molecule has 4 saturated carbocycles. The maximum atomic E-state index is 14.8. The Hall–Kier alpha value is -2.54. The molecule has 2 aliphatic heterocycles. The number of carboxylic acids is 3. The van der Waals surface area contributed by atoms with Crippen LogP contribution in [-0.2, 0) is 38.1 Å². The molecule has 7 aliphatic rings. The van der Waals surface area contributed by atoms with Gasteiger partial charge in [-0.05, 0) is 110 Å². The molecular formula is C42H62O16. The van der Waals surface area contributed by atoms with Crippen LogP contribution in [0, 0.1) is 50.2 Å². The molecule has 326 valence electrons. The van der Waals surface area contributed by atoms with E-state index in [2.05, 4.69) is 27.7 Å². The van der Waals surface area contributed by atoms with Crippen molar-refractivity contribution in [2.75, 3.05) is 0 Å². The van der Waals surface area contributed by atoms with Crippen LogP contribution in [0.2, 0.25) is 0 Å². The van der Waals surface area contributed by atoms with Crippen molar-refractivity contribution in [2.45, 2.75) is 174 Å². The maximum absolute atomic E-state index is 14.8. The topological polar surface area (TPSA) is 267 Å². The predicted octanol–water partition coefficient (Wildman–Crippen LogP) is 2.25. The molecule has 8 N–H and O–H groups in total. The first-order valence-electron chi connectivity index (χ1n) is 20.7. The summed E-state index contributed by atoms with van der Waals surface area (Å²) in [5.41, 5.74) is -1.81. The van der Waals surface area contributed by atoms with Gasteiger partial charge < -0.3 is 59.8 Å². The smallest absolute Gasteiger partial charge is 0.335 e. The van der Waals surface area contributed by atoms with Gasteiger partial charge in [0.25, 0.3) is 0 Å². The molecule has 16 nitrogen and oxygen atoms in total. The van der Waals surface area contributed by atoms with Crippen LogP contribution in [0.4, 0.5) is 0 Å². The number of aliphatic hydroxyl groups excluding tert-OH is 5. The van der Waals surface area contributed by atoms with E-state index in [-0.39, 0.29) is 34.4 Å². The van der Waals surface area contributed by atoms with Crippen molar-refractivity contribution in [3.8, 4) is 0 Å². The van der Waals surface area contributed by atoms with Crippen LogP contribution in [0.25, 0.3) is 0 Å². The fourth-order valence-electron chi connectivity index (χ4n) is 13.4. The van der Waals surface area contributed by atoms with Gasteiger partial charge in [-0.2, -0.15) is 0 Å². The number of ketones is 1. The maximum Gasteiger partial charge on any atom is 0.335 e. The Bertz CT molecular complexity index is 1730. The van der Waals surface area contributed by atoms with E-state index < -0.39 is 107 Å². The first-order valence-corrected chi connectivity index (χ1v) is 20.7. The fourth-order valence-corrected chi connectivity index (χ4v) is 13.4. The van der Waals surface area contributed by atoms with E-state index in [9.17, 15) is 60.0 Å². The zero-order valence-corrected chi connectivity index (χ0v) is 34.4. The molecule has 0 radical (unpaired) electrons. The molecular weight excluding hydrogens is 760 g/mol. The zero-order valence-electron chi connectivity index (χ0n) is 34.4. The first kappa shape index (κ1) is 43.5. The Balaban J connectivity index is 1.17. The van der Waals surface area contributed by atoms with Crippen LogP contribution in [-0.4, -0.2) is 132 Å². The lowest BCUT2D eigenvalue weighted by Crippen LogP contribution is -2.68. The Morgan fingerprint density at radius 3 is 1.88 bits per heavy atom. The lowest BCUT2D eigenvalue weighted by Gasteiger charge is -2.70. The van der Waals surface area contributed by atoms with Gasteiger partial charge in [0.05, 0.1) is 11.5 Å². The van der Waals surface area contributed by atoms with E-state index in [1.54, 1.807) is 0 Å². The van der Waals surface area contributed by atoms with Crippen LogP contribution in [0.3, 0.4) is 0 Å². The van der Waals surface area contributed by atoms with E-state index in [1.807, 2.05) is 26.8 Å². The van der Waals surface area contributed by atoms with E-state index in [4.69, 9.17) is 18.9 Å². The highest BCUT2D eigenvalue weighted by Crippen LogP contribution is 2.75. The summed E-state index contributed by atoms with van der Waals surface area (Å²) in [6.45, 7) is 14.8. The van der Waals surface area contributed by atoms with Crippen molar-refractivity contribution < 1.29 is 79.0 Å². The number of carbonyl (C=O) groups excluding carboxylic acids is 1. The number of hydrogen-bond acceptors (Lipinski definition) is 13. The summed E-state index contributed by atoms with van der Waals surface area (Å²) in [7, 11) is 0. The second kappa shape index (κ2) is 14.3. The minimum atomic E-state index is -2.05. The summed E-state index contributed by atoms with van der Waals surface area (Å²) in [5, 5.41) is 83.0. The van der Waals surface area contributed by atoms with Gasteiger partial charge in [-0.1, -0.05) is 47.1 Å². The molecule has 0 amide bonds. The average Bonchev–Trinajstić information content (AvgIpc) is 3.13. The third-order valence-electron chi connectivity index (χ3n) is 17.2. The molecule has 0 aromatic carbocycles. The lowest BCUT2D eigenvalue weighted by molar-refractivity contribution is -0.371. The highest BCUT2D eigenvalue weighted by atomic mass is 16.8. The number of carboxylic acid groups (broad SMARTS) is 3. The molecule has 0 spiro atoms. The molecule has 16 heteroatoms. The fraction of sp³-hybridized carbons (Fsp3) is 0.857. The monoisotopic (exact) mass is 822 g/mol. The van der Waals surface area contributed by atoms with E-state index in [0.717, 1.165) is 37.7 Å². The van der Waals surface area contributed by atoms with Gasteiger partial charge >= 0.3 is 17.9 Å². The Kier molecular flexibility index (Phi) is 10.7. The lowest BCUT2D eigenvalue weighted by atomic mass is 9.33. The van der Waals surface area contributed by atoms with Crippen LogP contribution in [0.1, 0.15) is 106 Å². The van der Waals surface area contributed by atoms with Gasteiger partial charge in [-0.25, -0.2) is 9.59 Å². The summed E-state index contributed by atoms with van der Waals surface area (Å²) in [5.74, 6) is -4.47. The predicted molar refractivity (Wildman–Crippen MR) is 199 cm³/mol. The quantitative estimate of drug-likeness (QED) is 0.171. The van der Waals surface area contributed by atoms with Crippen LogP contribution >= 0.6 is 0 Å². The van der Waals surface area contributed by atoms with Gasteiger partial charge in [-0.3, -0.25) is 9.59 Å². The summed E-state index contributed by atoms with van der Waals surface area (Å²) < 4.78 is 23.4. The molecule has 0 unspecified atom stereocenters. The largest absolute Gasteiger partial charge is 0.481 e. The molecule has 0 bridgehead atoms. The molecule has 0 aromatic rings. The summed E-state index contributed by atoms with van der Waals surface area (Å²) >= 11 is 0. The first-order chi connectivity index (χ1) is 26.8. The SMILES string of the molecule is CC1(C)[C@@H](O[C@H]2O[C@H](C(=O)O)[C@@H](O)[C@H](O)[C@H]2O[C@H]2O[C@@H](C(=O)O)[C@H](O)[C@@H](O)[C@@H]2O)CC[C@]2(C)[C@H]3C(=O)C=C4[C@H]5C[C@@](C)(C(=O)O)CC[C@]5(C)CC[C@@]4(C)[C@]3(C)CC[C@@H]12. The van der Waals surface area contributed by atoms with Crippen LogP contribution in [0.15, 0.2) is 11.6 Å². The summed E-state index contributed by atoms with van der Waals surface area (Å²) in [4.78, 5) is 51.3. The molecule has 2 saturated heterocycles. The number of aliphatic hydroxyl groups is 5. The highest BCUT2D eigenvalue weighted by molar-refractivity contribution is 5.95. The minimum Gasteiger partial charge on any atom is -0.481 e. The third-order valence-corrected chi connectivity index (χ3v) is 17.2. The van der Waals surface area contributed by atoms with Gasteiger partial charge in [-0.15, -0.1) is 0 Å². The van der Waals surface area contributed by atoms with E-state index >= 15 is 0 Å². The van der Waals surface area contributed by atoms with Crippen molar-refractivity contribution in [1.29, 1.82) is 0 Å². The summed E-state index contributed by atoms with van der Waals surface area (Å²) in [6, 6.07) is 0. The number of rotatable bonds is 7. The number of carbonyl (C=O) groups is 4. The molecule has 6 fully saturated rings. The van der Waals surface area contributed by atoms with Crippen molar-refractivity contribution in [2.24, 2.45) is 50.2 Å². The van der Waals surface area contributed by atoms with E-state index in [0.29, 0.717) is 25.7 Å². The second-order valence-electron chi connectivity index (χ2n) is 20.6. The zero-order chi connectivity index (χ0) is 42.9. The molecule has 5 aliphatic carbocycles. The van der Waals surface area contributed by atoms with Gasteiger partial charge in [0.1, 0.15) is 36.6 Å². The number of ether oxygens (including phenoxy) is 4. The van der Waals surface area contributed by atoms with Crippen molar-refractivity contribution in [3.63, 3.8) is 0 Å². The van der Waals surface area contributed by atoms with Gasteiger partial charge in [0.2, 0.25) is 0 Å². The van der Waals surface area contributed by atoms with Crippen molar-refractivity contribution in [1.82, 2.24) is 0 Å². The standard InChI is InChI=1S/C42H62O16/c1-37(2)21-8-11-42(7)31(20(43)16-18-19-17-39(4,36(53)54)13-12-38(19,3)14-15-41(18,42)6)40(21,5)10-9-22(37)55-35-30(26(47)25(46)29(57-35)33(51)52)58-34-27(48)23(44)24(45)28(56-34)32(49)50/h16,19,21-31,34-35,44-48H,8-15,17H2,1-7H3,(H,49,50)(H,51,52)(H,53,54)/t19-,21+,22+,23-,24-,25+,26+,27+,28-,29+,30-,31-,34-,35+,38-,39+,40+,41-,42-/m1/s1. The van der Waals surface area contributed by atoms with Crippen LogP contribution < -0.4 is 0 Å². The molecule has 0 aromatic heterocycles. The number of allylic oxidation sites excluding steroid dienone is 2. The van der Waals surface area contributed by atoms with Gasteiger partial charge in [0, 0.05) is 5.92 Å². The number of hydrogen-bond donors (Lipinski definition) is 8. The van der Waals surface area contributed by atoms with E-state index in [1.165, 1.54) is 0 Å². The Labute approximate surface area is 337 Å². The molecule has 2 heterocycles. The minimum absolute atomic E-state index is 0.0217. The Morgan fingerprint density at radius 1 is 0.690 bits per heavy atom. The molecule has 58 heavy (non-hydrogen) atoms. The normalized spacial score (nSPS) is 52.6. The Morgan fingerprint density at radius 2 is 1.28 bits per heavy atom. The van der Waals surface area contributed by atoms with Crippen molar-refractivity contribution in [3.05, 3.63) is 11.6 Å². The number of fused-ring (bicyclic) bond motifs is 7. The third kappa shape index (κ3) is 6.25. The van der Waals surface area contributed by atoms with Crippen LogP contribution in [0.5, 0.6) is 0 Å². The van der Waals surface area contributed by atoms with Crippen molar-refractivity contribution >= 4 is 23.7 Å². The average molecular weight is 823 g/mol. The molecule has 7 rings (SSSR count). The second-order valence-corrected chi connectivity index (χ2v) is 20.6. The van der Waals surface area contributed by atoms with Gasteiger partial charge in [0.15, 0.2) is 30.6 Å². The summed E-state index contributed by atoms with van der Waals surface area (Å²) in [6.07, 6.45) is -12.2. The molecule has 19 atom stereocenters.